The van der Waals surface area contributed by atoms with Crippen LogP contribution in [0, 0.1) is 0 Å². The Morgan fingerprint density at radius 2 is 0.625 bits per heavy atom. The molecule has 0 amide bonds. The molecular formula is C67H114O5. The summed E-state index contributed by atoms with van der Waals surface area (Å²) in [6, 6.07) is 0. The van der Waals surface area contributed by atoms with E-state index >= 15 is 0 Å². The van der Waals surface area contributed by atoms with Crippen molar-refractivity contribution in [2.45, 2.75) is 284 Å². The summed E-state index contributed by atoms with van der Waals surface area (Å²) in [6.07, 6.45) is 85.5. The monoisotopic (exact) mass is 999 g/mol. The number of esters is 2. The zero-order chi connectivity index (χ0) is 52.0. The molecule has 5 nitrogen and oxygen atoms in total. The van der Waals surface area contributed by atoms with Gasteiger partial charge in [0.15, 0.2) is 6.10 Å². The highest BCUT2D eigenvalue weighted by atomic mass is 16.6. The minimum absolute atomic E-state index is 0.0585. The molecule has 0 aliphatic carbocycles. The molecule has 0 aromatic carbocycles. The first-order valence-corrected chi connectivity index (χ1v) is 30.4. The molecule has 72 heavy (non-hydrogen) atoms. The lowest BCUT2D eigenvalue weighted by Gasteiger charge is -2.18. The van der Waals surface area contributed by atoms with Crippen LogP contribution in [0.25, 0.3) is 0 Å². The second-order valence-corrected chi connectivity index (χ2v) is 19.8. The molecule has 0 N–H and O–H groups in total. The summed E-state index contributed by atoms with van der Waals surface area (Å²) in [5, 5.41) is 0. The normalized spacial score (nSPS) is 13.0. The average Bonchev–Trinajstić information content (AvgIpc) is 3.38. The van der Waals surface area contributed by atoms with Gasteiger partial charge in [0.25, 0.3) is 0 Å². The van der Waals surface area contributed by atoms with Crippen molar-refractivity contribution in [1.82, 2.24) is 0 Å². The summed E-state index contributed by atoms with van der Waals surface area (Å²) >= 11 is 0. The molecule has 0 rings (SSSR count). The Morgan fingerprint density at radius 1 is 0.319 bits per heavy atom. The third-order valence-electron chi connectivity index (χ3n) is 12.8. The second kappa shape index (κ2) is 61.9. The molecule has 412 valence electrons. The van der Waals surface area contributed by atoms with Gasteiger partial charge in [0, 0.05) is 19.4 Å². The molecule has 0 fully saturated rings. The molecule has 0 aromatic rings. The van der Waals surface area contributed by atoms with Gasteiger partial charge in [-0.2, -0.15) is 0 Å². The third-order valence-corrected chi connectivity index (χ3v) is 12.8. The number of carbonyl (C=O) groups is 2. The number of unbranched alkanes of at least 4 members (excludes halogenated alkanes) is 26. The molecule has 0 saturated carbocycles. The maximum absolute atomic E-state index is 12.9. The van der Waals surface area contributed by atoms with Gasteiger partial charge in [-0.1, -0.05) is 271 Å². The van der Waals surface area contributed by atoms with Crippen molar-refractivity contribution >= 4 is 11.9 Å². The van der Waals surface area contributed by atoms with E-state index in [9.17, 15) is 9.59 Å². The Bertz CT molecular complexity index is 1410. The molecule has 1 unspecified atom stereocenters. The molecule has 0 radical (unpaired) electrons. The number of allylic oxidation sites excluding steroid dienone is 18. The summed E-state index contributed by atoms with van der Waals surface area (Å²) in [5.41, 5.74) is 0. The van der Waals surface area contributed by atoms with E-state index in [1.807, 2.05) is 0 Å². The van der Waals surface area contributed by atoms with Crippen LogP contribution in [0.1, 0.15) is 278 Å². The van der Waals surface area contributed by atoms with Gasteiger partial charge in [0.1, 0.15) is 6.61 Å². The average molecular weight is 1000 g/mol. The van der Waals surface area contributed by atoms with Gasteiger partial charge in [0.05, 0.1) is 6.61 Å². The molecule has 5 heteroatoms. The highest BCUT2D eigenvalue weighted by molar-refractivity contribution is 5.70. The topological polar surface area (TPSA) is 61.8 Å². The van der Waals surface area contributed by atoms with E-state index in [2.05, 4.69) is 130 Å². The molecule has 0 spiro atoms. The number of hydrogen-bond donors (Lipinski definition) is 0. The Balaban J connectivity index is 4.37. The smallest absolute Gasteiger partial charge is 0.306 e. The summed E-state index contributed by atoms with van der Waals surface area (Å²) < 4.78 is 17.5. The quantitative estimate of drug-likeness (QED) is 0.0345. The molecule has 0 aliphatic heterocycles. The van der Waals surface area contributed by atoms with E-state index in [-0.39, 0.29) is 25.2 Å². The van der Waals surface area contributed by atoms with Gasteiger partial charge in [-0.15, -0.1) is 0 Å². The van der Waals surface area contributed by atoms with Crippen molar-refractivity contribution in [3.63, 3.8) is 0 Å². The van der Waals surface area contributed by atoms with Crippen LogP contribution in [0.5, 0.6) is 0 Å². The van der Waals surface area contributed by atoms with Crippen LogP contribution in [0.15, 0.2) is 109 Å². The van der Waals surface area contributed by atoms with Gasteiger partial charge in [0.2, 0.25) is 0 Å². The maximum Gasteiger partial charge on any atom is 0.306 e. The van der Waals surface area contributed by atoms with E-state index in [0.717, 1.165) is 122 Å². The summed E-state index contributed by atoms with van der Waals surface area (Å²) in [7, 11) is 0. The Labute approximate surface area is 446 Å². The number of rotatable bonds is 55. The molecule has 0 aliphatic rings. The van der Waals surface area contributed by atoms with Crippen LogP contribution in [-0.2, 0) is 23.8 Å². The van der Waals surface area contributed by atoms with Crippen LogP contribution >= 0.6 is 0 Å². The summed E-state index contributed by atoms with van der Waals surface area (Å²) in [6.45, 7) is 7.58. The SMILES string of the molecule is CC/C=C\C/C=C\C/C=C\C/C=C\C/C=C\CCCCCC(=O)OCC(COCCCCCCCCCCCCCCCCCCCC)OC(=O)CCCCCCCC/C=C\C/C=C\C/C=C\C/C=C\CC. The molecule has 0 bridgehead atoms. The lowest BCUT2D eigenvalue weighted by molar-refractivity contribution is -0.163. The molecule has 1 atom stereocenters. The van der Waals surface area contributed by atoms with Crippen molar-refractivity contribution in [3.05, 3.63) is 109 Å². The summed E-state index contributed by atoms with van der Waals surface area (Å²) in [5.74, 6) is -0.446. The van der Waals surface area contributed by atoms with Gasteiger partial charge in [-0.3, -0.25) is 9.59 Å². The van der Waals surface area contributed by atoms with Crippen LogP contribution in [0.4, 0.5) is 0 Å². The third kappa shape index (κ3) is 59.1. The zero-order valence-electron chi connectivity index (χ0n) is 47.4. The Kier molecular flexibility index (Phi) is 58.9. The molecule has 0 aromatic heterocycles. The van der Waals surface area contributed by atoms with Crippen molar-refractivity contribution in [3.8, 4) is 0 Å². The molecular weight excluding hydrogens is 885 g/mol. The fraction of sp³-hybridized carbons (Fsp3) is 0.701. The summed E-state index contributed by atoms with van der Waals surface area (Å²) in [4.78, 5) is 25.6. The Hall–Kier alpha value is -3.44. The van der Waals surface area contributed by atoms with Crippen molar-refractivity contribution in [2.75, 3.05) is 19.8 Å². The van der Waals surface area contributed by atoms with Crippen LogP contribution in [0.2, 0.25) is 0 Å². The largest absolute Gasteiger partial charge is 0.462 e. The van der Waals surface area contributed by atoms with E-state index in [4.69, 9.17) is 14.2 Å². The minimum Gasteiger partial charge on any atom is -0.462 e. The number of ether oxygens (including phenoxy) is 3. The van der Waals surface area contributed by atoms with Gasteiger partial charge in [-0.05, 0) is 103 Å². The fourth-order valence-electron chi connectivity index (χ4n) is 8.35. The standard InChI is InChI=1S/C67H114O5/c1-4-7-10-13-16-19-22-25-28-31-34-36-39-42-45-48-51-54-57-60-66(68)71-64-65(63-70-62-59-56-53-50-47-44-41-38-33-30-27-24-21-18-15-12-9-6-3)72-67(69)61-58-55-52-49-46-43-40-37-35-32-29-26-23-20-17-14-11-8-5-2/h7-8,10-11,16-17,19-20,25-26,28-29,34-37,42,45,65H,4-6,9,12-15,18,21-24,27,30-33,38-41,43-44,46-64H2,1-3H3/b10-7-,11-8-,19-16-,20-17-,28-25-,29-26-,36-34-,37-35-,45-42-. The van der Waals surface area contributed by atoms with E-state index in [1.54, 1.807) is 0 Å². The molecule has 0 heterocycles. The highest BCUT2D eigenvalue weighted by Gasteiger charge is 2.17. The van der Waals surface area contributed by atoms with Crippen LogP contribution < -0.4 is 0 Å². The first-order valence-electron chi connectivity index (χ1n) is 30.4. The predicted octanol–water partition coefficient (Wildman–Crippen LogP) is 21.1. The number of hydrogen-bond acceptors (Lipinski definition) is 5. The maximum atomic E-state index is 12.9. The predicted molar refractivity (Wildman–Crippen MR) is 316 cm³/mol. The van der Waals surface area contributed by atoms with E-state index in [0.29, 0.717) is 19.4 Å². The first-order chi connectivity index (χ1) is 35.6. The van der Waals surface area contributed by atoms with E-state index < -0.39 is 6.10 Å². The van der Waals surface area contributed by atoms with E-state index in [1.165, 1.54) is 122 Å². The van der Waals surface area contributed by atoms with Crippen molar-refractivity contribution in [1.29, 1.82) is 0 Å². The van der Waals surface area contributed by atoms with Gasteiger partial charge >= 0.3 is 11.9 Å². The van der Waals surface area contributed by atoms with Crippen LogP contribution in [0.3, 0.4) is 0 Å². The first kappa shape index (κ1) is 68.6. The second-order valence-electron chi connectivity index (χ2n) is 19.8. The number of carbonyl (C=O) groups excluding carboxylic acids is 2. The van der Waals surface area contributed by atoms with Crippen molar-refractivity contribution in [2.24, 2.45) is 0 Å². The van der Waals surface area contributed by atoms with Crippen molar-refractivity contribution < 1.29 is 23.8 Å². The van der Waals surface area contributed by atoms with Gasteiger partial charge in [-0.25, -0.2) is 0 Å². The minimum atomic E-state index is -0.564. The van der Waals surface area contributed by atoms with Gasteiger partial charge < -0.3 is 14.2 Å². The fourth-order valence-corrected chi connectivity index (χ4v) is 8.35. The Morgan fingerprint density at radius 3 is 1.01 bits per heavy atom. The lowest BCUT2D eigenvalue weighted by atomic mass is 10.0. The lowest BCUT2D eigenvalue weighted by Crippen LogP contribution is -2.30. The zero-order valence-corrected chi connectivity index (χ0v) is 47.4. The van der Waals surface area contributed by atoms with Crippen LogP contribution in [-0.4, -0.2) is 37.9 Å². The molecule has 0 saturated heterocycles. The highest BCUT2D eigenvalue weighted by Crippen LogP contribution is 2.16.